The fraction of sp³-hybridized carbons (Fsp3) is 0.609. The number of nitrogens with two attached hydrogens (primary N) is 1. The second-order valence-corrected chi connectivity index (χ2v) is 8.86. The van der Waals surface area contributed by atoms with Crippen LogP contribution in [-0.4, -0.2) is 48.1 Å². The van der Waals surface area contributed by atoms with Crippen LogP contribution in [0.3, 0.4) is 0 Å². The molecule has 2 aliphatic heterocycles. The number of likely N-dealkylation sites (tertiary alicyclic amines) is 1. The van der Waals surface area contributed by atoms with Gasteiger partial charge in [-0.05, 0) is 55.2 Å². The number of fused-ring (bicyclic) bond motifs is 1. The zero-order chi connectivity index (χ0) is 20.9. The molecule has 0 spiro atoms. The average molecular weight is 484 g/mol. The second-order valence-electron chi connectivity index (χ2n) is 8.86. The van der Waals surface area contributed by atoms with Gasteiger partial charge in [0, 0.05) is 13.1 Å². The summed E-state index contributed by atoms with van der Waals surface area (Å²) in [5, 5.41) is 10.0. The van der Waals surface area contributed by atoms with Crippen molar-refractivity contribution in [3.05, 3.63) is 35.4 Å². The fourth-order valence-electron chi connectivity index (χ4n) is 5.48. The lowest BCUT2D eigenvalue weighted by Crippen LogP contribution is -2.58. The maximum absolute atomic E-state index is 13.4. The van der Waals surface area contributed by atoms with Crippen molar-refractivity contribution >= 4 is 42.8 Å². The first kappa shape index (κ1) is 26.4. The number of hydrogen-bond donors (Lipinski definition) is 3. The summed E-state index contributed by atoms with van der Waals surface area (Å²) in [6.07, 6.45) is 9.26. The van der Waals surface area contributed by atoms with Gasteiger partial charge in [-0.15, -0.1) is 24.8 Å². The minimum absolute atomic E-state index is 0. The number of amides is 2. The number of nitrogens with zero attached hydrogens (tertiary/aromatic N) is 2. The zero-order valence-electron chi connectivity index (χ0n) is 18.4. The standard InChI is InChI=1S/C23H33N5O2.2ClH/c24-27-15-17-9-7-16(8-10-17)14-26-22(29)20-6-3-13-28(20)23(30)21-19-5-2-1-4-18(19)11-12-25-21;;/h7-10,15,18-21,25H,1-6,11-14,24H2,(H,26,29);2*1H/t18-,19-,20-,21+;;/m0../s1. The highest BCUT2D eigenvalue weighted by molar-refractivity contribution is 5.90. The minimum Gasteiger partial charge on any atom is -0.350 e. The van der Waals surface area contributed by atoms with E-state index in [1.54, 1.807) is 6.21 Å². The molecule has 1 aromatic carbocycles. The van der Waals surface area contributed by atoms with E-state index in [4.69, 9.17) is 5.84 Å². The summed E-state index contributed by atoms with van der Waals surface area (Å²) in [5.74, 6) is 6.35. The van der Waals surface area contributed by atoms with Gasteiger partial charge < -0.3 is 21.4 Å². The summed E-state index contributed by atoms with van der Waals surface area (Å²) in [6.45, 7) is 2.04. The molecule has 0 aromatic heterocycles. The molecule has 178 valence electrons. The van der Waals surface area contributed by atoms with Crippen LogP contribution in [0.4, 0.5) is 0 Å². The third kappa shape index (κ3) is 5.94. The Hall–Kier alpha value is -1.83. The largest absolute Gasteiger partial charge is 0.350 e. The third-order valence-electron chi connectivity index (χ3n) is 7.05. The Kier molecular flexibility index (Phi) is 10.3. The van der Waals surface area contributed by atoms with E-state index in [0.717, 1.165) is 36.9 Å². The monoisotopic (exact) mass is 483 g/mol. The van der Waals surface area contributed by atoms with Crippen molar-refractivity contribution in [1.29, 1.82) is 0 Å². The molecule has 3 fully saturated rings. The maximum Gasteiger partial charge on any atom is 0.243 e. The average Bonchev–Trinajstić information content (AvgIpc) is 3.28. The highest BCUT2D eigenvalue weighted by atomic mass is 35.5. The summed E-state index contributed by atoms with van der Waals surface area (Å²) in [4.78, 5) is 28.1. The van der Waals surface area contributed by atoms with Crippen molar-refractivity contribution in [3.63, 3.8) is 0 Å². The number of nitrogens with one attached hydrogen (secondary N) is 2. The third-order valence-corrected chi connectivity index (χ3v) is 7.05. The normalized spacial score (nSPS) is 27.2. The van der Waals surface area contributed by atoms with Crippen LogP contribution in [0.25, 0.3) is 0 Å². The molecule has 4 atom stereocenters. The van der Waals surface area contributed by atoms with Gasteiger partial charge in [-0.25, -0.2) is 0 Å². The Morgan fingerprint density at radius 3 is 2.59 bits per heavy atom. The molecule has 2 amide bonds. The van der Waals surface area contributed by atoms with E-state index in [0.29, 0.717) is 24.9 Å². The maximum atomic E-state index is 13.4. The minimum atomic E-state index is -0.355. The molecule has 1 saturated carbocycles. The van der Waals surface area contributed by atoms with E-state index in [2.05, 4.69) is 15.7 Å². The van der Waals surface area contributed by atoms with Crippen molar-refractivity contribution in [2.24, 2.45) is 22.8 Å². The van der Waals surface area contributed by atoms with Crippen LogP contribution >= 0.6 is 24.8 Å². The van der Waals surface area contributed by atoms with Crippen molar-refractivity contribution in [2.45, 2.75) is 63.6 Å². The highest BCUT2D eigenvalue weighted by Gasteiger charge is 2.43. The molecule has 0 unspecified atom stereocenters. The summed E-state index contributed by atoms with van der Waals surface area (Å²) in [6, 6.07) is 7.26. The second kappa shape index (κ2) is 12.4. The van der Waals surface area contributed by atoms with Gasteiger partial charge >= 0.3 is 0 Å². The number of carbonyl (C=O) groups excluding carboxylic acids is 2. The van der Waals surface area contributed by atoms with Gasteiger partial charge in [0.1, 0.15) is 6.04 Å². The molecule has 32 heavy (non-hydrogen) atoms. The Morgan fingerprint density at radius 1 is 1.09 bits per heavy atom. The van der Waals surface area contributed by atoms with Crippen LogP contribution in [-0.2, 0) is 16.1 Å². The van der Waals surface area contributed by atoms with Crippen LogP contribution in [0.15, 0.2) is 29.4 Å². The lowest BCUT2D eigenvalue weighted by molar-refractivity contribution is -0.142. The summed E-state index contributed by atoms with van der Waals surface area (Å²) >= 11 is 0. The molecule has 7 nitrogen and oxygen atoms in total. The molecule has 9 heteroatoms. The van der Waals surface area contributed by atoms with Crippen LogP contribution in [0.1, 0.15) is 56.1 Å². The quantitative estimate of drug-likeness (QED) is 0.340. The van der Waals surface area contributed by atoms with Crippen LogP contribution in [0, 0.1) is 11.8 Å². The number of rotatable bonds is 5. The molecule has 2 heterocycles. The molecular formula is C23H35Cl2N5O2. The van der Waals surface area contributed by atoms with E-state index in [-0.39, 0.29) is 48.7 Å². The fourth-order valence-corrected chi connectivity index (χ4v) is 5.48. The van der Waals surface area contributed by atoms with Gasteiger partial charge in [0.05, 0.1) is 12.3 Å². The first-order valence-electron chi connectivity index (χ1n) is 11.3. The number of hydrogen-bond acceptors (Lipinski definition) is 5. The molecule has 4 rings (SSSR count). The lowest BCUT2D eigenvalue weighted by atomic mass is 9.71. The number of halogens is 2. The van der Waals surface area contributed by atoms with Crippen LogP contribution in [0.2, 0.25) is 0 Å². The zero-order valence-corrected chi connectivity index (χ0v) is 20.0. The van der Waals surface area contributed by atoms with E-state index in [1.165, 1.54) is 25.7 Å². The van der Waals surface area contributed by atoms with Crippen LogP contribution in [0.5, 0.6) is 0 Å². The van der Waals surface area contributed by atoms with Crippen LogP contribution < -0.4 is 16.5 Å². The first-order valence-corrected chi connectivity index (χ1v) is 11.3. The van der Waals surface area contributed by atoms with E-state index < -0.39 is 0 Å². The molecule has 4 N–H and O–H groups in total. The number of carbonyl (C=O) groups is 2. The topological polar surface area (TPSA) is 99.8 Å². The Labute approximate surface area is 202 Å². The number of benzene rings is 1. The van der Waals surface area contributed by atoms with Gasteiger partial charge in [0.15, 0.2) is 0 Å². The Morgan fingerprint density at radius 2 is 1.84 bits per heavy atom. The van der Waals surface area contributed by atoms with E-state index in [1.807, 2.05) is 29.2 Å². The van der Waals surface area contributed by atoms with Gasteiger partial charge in [0.25, 0.3) is 0 Å². The summed E-state index contributed by atoms with van der Waals surface area (Å²) in [5.41, 5.74) is 1.92. The van der Waals surface area contributed by atoms with Crippen molar-refractivity contribution in [2.75, 3.05) is 13.1 Å². The van der Waals surface area contributed by atoms with Crippen molar-refractivity contribution < 1.29 is 9.59 Å². The smallest absolute Gasteiger partial charge is 0.243 e. The first-order chi connectivity index (χ1) is 14.7. The molecular weight excluding hydrogens is 449 g/mol. The van der Waals surface area contributed by atoms with Gasteiger partial charge in [-0.2, -0.15) is 5.10 Å². The van der Waals surface area contributed by atoms with E-state index >= 15 is 0 Å². The molecule has 0 radical (unpaired) electrons. The molecule has 2 saturated heterocycles. The summed E-state index contributed by atoms with van der Waals surface area (Å²) < 4.78 is 0. The molecule has 1 aliphatic carbocycles. The van der Waals surface area contributed by atoms with Crippen molar-refractivity contribution in [1.82, 2.24) is 15.5 Å². The molecule has 3 aliphatic rings. The van der Waals surface area contributed by atoms with Gasteiger partial charge in [0.2, 0.25) is 11.8 Å². The summed E-state index contributed by atoms with van der Waals surface area (Å²) in [7, 11) is 0. The molecule has 0 bridgehead atoms. The Bertz CT molecular complexity index is 787. The molecule has 1 aromatic rings. The van der Waals surface area contributed by atoms with Gasteiger partial charge in [-0.1, -0.05) is 43.5 Å². The van der Waals surface area contributed by atoms with Crippen molar-refractivity contribution in [3.8, 4) is 0 Å². The van der Waals surface area contributed by atoms with Gasteiger partial charge in [-0.3, -0.25) is 9.59 Å². The SMILES string of the molecule is Cl.Cl.NN=Cc1ccc(CNC(=O)[C@@H]2CCCN2C(=O)[C@@H]2NCC[C@@H]3CCCC[C@@H]32)cc1. The highest BCUT2D eigenvalue weighted by Crippen LogP contribution is 2.37. The van der Waals surface area contributed by atoms with E-state index in [9.17, 15) is 9.59 Å². The number of hydrazone groups is 1. The number of piperidine rings is 1. The lowest BCUT2D eigenvalue weighted by Gasteiger charge is -2.43. The Balaban J connectivity index is 0.00000181. The predicted octanol–water partition coefficient (Wildman–Crippen LogP) is 2.60. The predicted molar refractivity (Wildman–Crippen MR) is 131 cm³/mol.